The summed E-state index contributed by atoms with van der Waals surface area (Å²) in [5.74, 6) is -0.620. The number of nitrogens with zero attached hydrogens (tertiary/aromatic N) is 3. The molecule has 3 N–H and O–H groups in total. The number of hydrogen-bond donors (Lipinski definition) is 3. The second kappa shape index (κ2) is 12.8. The van der Waals surface area contributed by atoms with Gasteiger partial charge in [-0.1, -0.05) is 91.0 Å². The molecule has 0 fully saturated rings. The molecule has 0 spiro atoms. The molecule has 1 aliphatic heterocycles. The van der Waals surface area contributed by atoms with Crippen molar-refractivity contribution in [3.63, 3.8) is 0 Å². The highest BCUT2D eigenvalue weighted by atomic mass is 32.2. The first-order valence-corrected chi connectivity index (χ1v) is 18.6. The van der Waals surface area contributed by atoms with Crippen LogP contribution in [0.4, 0.5) is 10.5 Å². The van der Waals surface area contributed by atoms with Crippen molar-refractivity contribution in [1.29, 1.82) is 0 Å². The Labute approximate surface area is 290 Å². The van der Waals surface area contributed by atoms with Crippen molar-refractivity contribution >= 4 is 27.6 Å². The molecule has 254 valence electrons. The largest absolute Gasteiger partial charge is 0.478 e. The minimum Gasteiger partial charge on any atom is -0.478 e. The zero-order valence-corrected chi connectivity index (χ0v) is 28.2. The number of fused-ring (bicyclic) bond motifs is 3. The molecule has 50 heavy (non-hydrogen) atoms. The molecule has 11 heteroatoms. The molecular formula is C39H37N5O5S. The lowest BCUT2D eigenvalue weighted by Crippen LogP contribution is -2.38. The number of aryl methyl sites for hydroxylation is 1. The number of aromatic carboxylic acids is 1. The smallest absolute Gasteiger partial charge is 0.336 e. The van der Waals surface area contributed by atoms with Crippen LogP contribution in [-0.4, -0.2) is 37.7 Å². The van der Waals surface area contributed by atoms with Gasteiger partial charge < -0.3 is 15.2 Å². The van der Waals surface area contributed by atoms with Gasteiger partial charge in [-0.2, -0.15) is 9.46 Å². The second-order valence-corrected chi connectivity index (χ2v) is 14.8. The zero-order chi connectivity index (χ0) is 34.3. The summed E-state index contributed by atoms with van der Waals surface area (Å²) in [4.78, 5) is 26.9. The van der Waals surface area contributed by atoms with Gasteiger partial charge in [0.25, 0.3) is 0 Å². The Morgan fingerprint density at radius 2 is 1.30 bits per heavy atom. The lowest BCUT2D eigenvalue weighted by molar-refractivity contribution is 0.0694. The molecule has 1 atom stereocenters. The van der Waals surface area contributed by atoms with E-state index in [0.717, 1.165) is 58.2 Å². The minimum absolute atomic E-state index is 0.177. The summed E-state index contributed by atoms with van der Waals surface area (Å²) in [5, 5.41) is 17.7. The number of carbonyl (C=O) groups is 2. The molecule has 2 aliphatic carbocycles. The molecule has 0 saturated heterocycles. The Hall–Kier alpha value is -5.42. The van der Waals surface area contributed by atoms with Gasteiger partial charge in [-0.3, -0.25) is 0 Å². The van der Waals surface area contributed by atoms with Crippen LogP contribution in [0.5, 0.6) is 5.88 Å². The van der Waals surface area contributed by atoms with Crippen molar-refractivity contribution in [2.45, 2.75) is 61.9 Å². The van der Waals surface area contributed by atoms with Gasteiger partial charge in [0.15, 0.2) is 9.92 Å². The number of benzene rings is 4. The Morgan fingerprint density at radius 1 is 0.780 bits per heavy atom. The number of carboxylic acid groups (broad SMARTS) is 1. The fourth-order valence-electron chi connectivity index (χ4n) is 7.88. The van der Waals surface area contributed by atoms with Crippen LogP contribution in [0.15, 0.2) is 106 Å². The number of rotatable bonds is 8. The third-order valence-corrected chi connectivity index (χ3v) is 11.8. The normalized spacial score (nSPS) is 15.9. The maximum Gasteiger partial charge on any atom is 0.336 e. The van der Waals surface area contributed by atoms with Gasteiger partial charge in [0.05, 0.1) is 18.4 Å². The third-order valence-electron chi connectivity index (χ3n) is 9.98. The molecule has 10 nitrogen and oxygen atoms in total. The summed E-state index contributed by atoms with van der Waals surface area (Å²) in [6, 6.07) is 28.2. The predicted molar refractivity (Wildman–Crippen MR) is 190 cm³/mol. The van der Waals surface area contributed by atoms with E-state index in [-0.39, 0.29) is 4.90 Å². The van der Waals surface area contributed by atoms with Crippen molar-refractivity contribution < 1.29 is 23.6 Å². The number of amides is 2. The summed E-state index contributed by atoms with van der Waals surface area (Å²) >= 11 is 0. The Kier molecular flexibility index (Phi) is 8.14. The molecular weight excluding hydrogens is 651 g/mol. The molecule has 3 aliphatic rings. The van der Waals surface area contributed by atoms with Gasteiger partial charge >= 0.3 is 12.0 Å². The summed E-state index contributed by atoms with van der Waals surface area (Å²) in [6.45, 7) is 0.988. The van der Waals surface area contributed by atoms with Crippen LogP contribution in [0.2, 0.25) is 0 Å². The van der Waals surface area contributed by atoms with Crippen molar-refractivity contribution in [3.8, 4) is 5.88 Å². The van der Waals surface area contributed by atoms with Crippen LogP contribution in [0.1, 0.15) is 68.6 Å². The highest BCUT2D eigenvalue weighted by Gasteiger charge is 2.41. The van der Waals surface area contributed by atoms with E-state index in [1.54, 1.807) is 4.68 Å². The number of hydrogen-bond acceptors (Lipinski definition) is 6. The Morgan fingerprint density at radius 3 is 1.82 bits per heavy atom. The van der Waals surface area contributed by atoms with E-state index in [4.69, 9.17) is 9.10 Å². The van der Waals surface area contributed by atoms with Crippen molar-refractivity contribution in [2.75, 3.05) is 11.9 Å². The number of nitrogens with one attached hydrogen (secondary N) is 2. The summed E-state index contributed by atoms with van der Waals surface area (Å²) in [7, 11) is -3.88. The molecule has 2 amide bonds. The van der Waals surface area contributed by atoms with Crippen LogP contribution < -0.4 is 14.8 Å². The molecule has 4 aromatic carbocycles. The minimum atomic E-state index is -3.88. The third kappa shape index (κ3) is 5.32. The first-order chi connectivity index (χ1) is 24.4. The fraction of sp³-hybridized carbons (Fsp3) is 0.256. The van der Waals surface area contributed by atoms with Crippen LogP contribution in [-0.2, 0) is 47.7 Å². The van der Waals surface area contributed by atoms with E-state index >= 15 is 4.21 Å². The Bertz CT molecular complexity index is 2100. The molecule has 0 bridgehead atoms. The number of carbonyl (C=O) groups excluding carboxylic acids is 1. The predicted octanol–water partition coefficient (Wildman–Crippen LogP) is 6.90. The van der Waals surface area contributed by atoms with Crippen LogP contribution in [0, 0.1) is 0 Å². The van der Waals surface area contributed by atoms with E-state index in [1.165, 1.54) is 6.20 Å². The number of urea groups is 1. The quantitative estimate of drug-likeness (QED) is 0.152. The van der Waals surface area contributed by atoms with Crippen molar-refractivity contribution in [3.05, 3.63) is 142 Å². The molecule has 0 radical (unpaired) electrons. The molecule has 8 rings (SSSR count). The molecule has 1 unspecified atom stereocenters. The average Bonchev–Trinajstić information content (AvgIpc) is 3.92. The zero-order valence-electron chi connectivity index (χ0n) is 27.4. The SMILES string of the molecule is O=C(Nc1c2c(c(C(=O)O)c3c1CCC3)CCC2)NS(=O)(=NC(c1ccccc1)(c1ccccc1)c1ccccc1)c1cnn2c1OCCC2. The van der Waals surface area contributed by atoms with Gasteiger partial charge in [-0.15, -0.1) is 0 Å². The lowest BCUT2D eigenvalue weighted by atomic mass is 9.78. The summed E-state index contributed by atoms with van der Waals surface area (Å²) < 4.78 is 31.8. The number of carboxylic acids is 1. The van der Waals surface area contributed by atoms with E-state index in [9.17, 15) is 14.7 Å². The van der Waals surface area contributed by atoms with Gasteiger partial charge in [0, 0.05) is 18.7 Å². The van der Waals surface area contributed by atoms with Crippen LogP contribution >= 0.6 is 0 Å². The van der Waals surface area contributed by atoms with Crippen molar-refractivity contribution in [2.24, 2.45) is 4.36 Å². The van der Waals surface area contributed by atoms with Gasteiger partial charge in [-0.25, -0.2) is 23.2 Å². The monoisotopic (exact) mass is 687 g/mol. The number of aromatic nitrogens is 2. The molecule has 0 saturated carbocycles. The van der Waals surface area contributed by atoms with Crippen molar-refractivity contribution in [1.82, 2.24) is 14.5 Å². The highest BCUT2D eigenvalue weighted by molar-refractivity contribution is 7.92. The number of anilines is 1. The molecule has 2 heterocycles. The van der Waals surface area contributed by atoms with Gasteiger partial charge in [-0.05, 0) is 77.5 Å². The molecule has 5 aromatic rings. The highest BCUT2D eigenvalue weighted by Crippen LogP contribution is 2.44. The van der Waals surface area contributed by atoms with Gasteiger partial charge in [0.1, 0.15) is 10.4 Å². The average molecular weight is 688 g/mol. The van der Waals surface area contributed by atoms with Gasteiger partial charge in [0.2, 0.25) is 5.88 Å². The Balaban J connectivity index is 1.34. The number of ether oxygens (including phenoxy) is 1. The maximum atomic E-state index is 15.9. The van der Waals surface area contributed by atoms with Crippen LogP contribution in [0.3, 0.4) is 0 Å². The first-order valence-electron chi connectivity index (χ1n) is 17.0. The topological polar surface area (TPSA) is 135 Å². The maximum absolute atomic E-state index is 15.9. The van der Waals surface area contributed by atoms with E-state index in [0.29, 0.717) is 56.0 Å². The fourth-order valence-corrected chi connectivity index (χ4v) is 9.73. The lowest BCUT2D eigenvalue weighted by Gasteiger charge is -2.33. The van der Waals surface area contributed by atoms with E-state index < -0.39 is 27.5 Å². The van der Waals surface area contributed by atoms with E-state index in [2.05, 4.69) is 15.1 Å². The summed E-state index contributed by atoms with van der Waals surface area (Å²) in [5.41, 5.74) is 5.23. The summed E-state index contributed by atoms with van der Waals surface area (Å²) in [6.07, 6.45) is 6.41. The van der Waals surface area contributed by atoms with E-state index in [1.807, 2.05) is 91.0 Å². The van der Waals surface area contributed by atoms with Crippen LogP contribution in [0.25, 0.3) is 0 Å². The second-order valence-electron chi connectivity index (χ2n) is 12.9. The molecule has 1 aromatic heterocycles. The first kappa shape index (κ1) is 31.8. The standard InChI is InChI=1S/C39H37N5O5S/c45-37(46)34-29-19-10-21-31(29)35(32-22-11-20-30(32)34)41-38(47)42-50(48,33-25-40-44-23-12-24-49-36(33)44)43-39(26-13-4-1-5-14-26,27-15-6-2-7-16-27)28-17-8-3-9-18-28/h1-9,13-18,25H,10-12,19-24H2,(H,45,46)(H2,41,42,43,47,48).